The molecule has 35 heavy (non-hydrogen) atoms. The second-order valence-corrected chi connectivity index (χ2v) is 8.26. The van der Waals surface area contributed by atoms with E-state index in [4.69, 9.17) is 15.2 Å². The third-order valence-electron chi connectivity index (χ3n) is 6.15. The van der Waals surface area contributed by atoms with Crippen LogP contribution in [0.15, 0.2) is 60.9 Å². The summed E-state index contributed by atoms with van der Waals surface area (Å²) < 4.78 is 13.2. The Bertz CT molecular complexity index is 1510. The first-order valence-electron chi connectivity index (χ1n) is 10.9. The molecule has 6 rings (SSSR count). The number of benzene rings is 2. The minimum atomic E-state index is -0.603. The van der Waals surface area contributed by atoms with E-state index in [1.165, 1.54) is 24.5 Å². The maximum absolute atomic E-state index is 12.7. The first-order valence-corrected chi connectivity index (χ1v) is 10.9. The Labute approximate surface area is 199 Å². The first kappa shape index (κ1) is 20.7. The molecule has 10 nitrogen and oxygen atoms in total. The highest BCUT2D eigenvalue weighted by Gasteiger charge is 2.29. The summed E-state index contributed by atoms with van der Waals surface area (Å²) in [5.74, 6) is 0.280. The molecular weight excluding hydrogens is 450 g/mol. The van der Waals surface area contributed by atoms with Crippen LogP contribution in [-0.2, 0) is 12.8 Å². The van der Waals surface area contributed by atoms with E-state index < -0.39 is 5.91 Å². The van der Waals surface area contributed by atoms with Gasteiger partial charge in [-0.2, -0.15) is 9.83 Å². The number of rotatable bonds is 4. The monoisotopic (exact) mass is 469 g/mol. The Hall–Kier alpha value is -4.86. The lowest BCUT2D eigenvalue weighted by molar-refractivity contribution is -0.605. The molecule has 174 valence electrons. The van der Waals surface area contributed by atoms with Crippen molar-refractivity contribution in [1.29, 1.82) is 0 Å². The SMILES string of the molecule is NC(=O)c1nn(-c2ccc3c(c2)OCO3)c2c1CCc1ccc(NC(=O)c3cc[n+]([O-])cc3)cc1-2. The van der Waals surface area contributed by atoms with Gasteiger partial charge in [0, 0.05) is 35.0 Å². The van der Waals surface area contributed by atoms with Crippen molar-refractivity contribution in [1.82, 2.24) is 9.78 Å². The van der Waals surface area contributed by atoms with Crippen LogP contribution >= 0.6 is 0 Å². The average molecular weight is 469 g/mol. The standard InChI is InChI=1S/C25H19N5O5/c26-24(31)22-18-5-2-14-1-3-16(27-25(32)15-7-9-29(33)10-8-15)11-19(14)23(18)30(28-22)17-4-6-20-21(12-17)35-13-34-20/h1,3-4,6-12H,2,5,13H2,(H2,26,31)(H,27,32). The van der Waals surface area contributed by atoms with E-state index >= 15 is 0 Å². The summed E-state index contributed by atoms with van der Waals surface area (Å²) in [7, 11) is 0. The van der Waals surface area contributed by atoms with Crippen molar-refractivity contribution in [2.24, 2.45) is 5.73 Å². The van der Waals surface area contributed by atoms with Gasteiger partial charge in [0.1, 0.15) is 0 Å². The Kier molecular flexibility index (Phi) is 4.66. The van der Waals surface area contributed by atoms with Crippen LogP contribution in [0.25, 0.3) is 16.9 Å². The number of aromatic nitrogens is 3. The fourth-order valence-electron chi connectivity index (χ4n) is 4.49. The first-order chi connectivity index (χ1) is 17.0. The molecule has 0 saturated heterocycles. The van der Waals surface area contributed by atoms with Gasteiger partial charge in [-0.1, -0.05) is 6.07 Å². The highest BCUT2D eigenvalue weighted by molar-refractivity contribution is 6.04. The van der Waals surface area contributed by atoms with Crippen molar-refractivity contribution in [2.45, 2.75) is 12.8 Å². The maximum Gasteiger partial charge on any atom is 0.269 e. The molecule has 0 atom stereocenters. The van der Waals surface area contributed by atoms with Crippen LogP contribution in [0.1, 0.15) is 32.0 Å². The second-order valence-electron chi connectivity index (χ2n) is 8.26. The number of primary amides is 1. The minimum Gasteiger partial charge on any atom is -0.619 e. The van der Waals surface area contributed by atoms with Crippen molar-refractivity contribution >= 4 is 17.5 Å². The number of amides is 2. The topological polar surface area (TPSA) is 135 Å². The normalized spacial score (nSPS) is 13.1. The van der Waals surface area contributed by atoms with Crippen molar-refractivity contribution in [3.05, 3.63) is 88.5 Å². The summed E-state index contributed by atoms with van der Waals surface area (Å²) in [5.41, 5.74) is 10.9. The number of fused-ring (bicyclic) bond motifs is 4. The van der Waals surface area contributed by atoms with Crippen LogP contribution in [0.5, 0.6) is 11.5 Å². The molecule has 0 radical (unpaired) electrons. The van der Waals surface area contributed by atoms with Gasteiger partial charge in [0.25, 0.3) is 11.8 Å². The molecule has 3 N–H and O–H groups in total. The van der Waals surface area contributed by atoms with Crippen molar-refractivity contribution in [2.75, 3.05) is 12.1 Å². The zero-order chi connectivity index (χ0) is 24.1. The molecule has 2 aliphatic rings. The third-order valence-corrected chi connectivity index (χ3v) is 6.15. The Balaban J connectivity index is 1.44. The van der Waals surface area contributed by atoms with Crippen LogP contribution in [-0.4, -0.2) is 28.4 Å². The molecule has 0 unspecified atom stereocenters. The predicted molar refractivity (Wildman–Crippen MR) is 124 cm³/mol. The number of anilines is 1. The lowest BCUT2D eigenvalue weighted by atomic mass is 9.88. The van der Waals surface area contributed by atoms with Crippen molar-refractivity contribution in [3.8, 4) is 28.4 Å². The fraction of sp³-hybridized carbons (Fsp3) is 0.120. The number of hydrogen-bond donors (Lipinski definition) is 2. The number of nitrogens with zero attached hydrogens (tertiary/aromatic N) is 3. The number of nitrogens with two attached hydrogens (primary N) is 1. The van der Waals surface area contributed by atoms with Gasteiger partial charge in [0.15, 0.2) is 29.6 Å². The number of pyridine rings is 1. The van der Waals surface area contributed by atoms with E-state index in [-0.39, 0.29) is 18.4 Å². The molecule has 10 heteroatoms. The van der Waals surface area contributed by atoms with Crippen LogP contribution < -0.4 is 25.3 Å². The van der Waals surface area contributed by atoms with Crippen molar-refractivity contribution < 1.29 is 23.8 Å². The van der Waals surface area contributed by atoms with Gasteiger partial charge >= 0.3 is 0 Å². The van der Waals surface area contributed by atoms with Crippen LogP contribution in [0.3, 0.4) is 0 Å². The summed E-state index contributed by atoms with van der Waals surface area (Å²) in [6.07, 6.45) is 3.84. The molecule has 0 saturated carbocycles. The number of carbonyl (C=O) groups excluding carboxylic acids is 2. The summed E-state index contributed by atoms with van der Waals surface area (Å²) in [4.78, 5) is 24.9. The number of ether oxygens (including phenoxy) is 2. The molecule has 3 heterocycles. The van der Waals surface area contributed by atoms with Gasteiger partial charge in [-0.3, -0.25) is 9.59 Å². The number of nitrogens with one attached hydrogen (secondary N) is 1. The van der Waals surface area contributed by atoms with Gasteiger partial charge in [-0.05, 0) is 42.7 Å². The van der Waals surface area contributed by atoms with Gasteiger partial charge in [0.2, 0.25) is 6.79 Å². The molecule has 4 aromatic rings. The Morgan fingerprint density at radius 1 is 1.03 bits per heavy atom. The third kappa shape index (κ3) is 3.52. The zero-order valence-corrected chi connectivity index (χ0v) is 18.4. The summed E-state index contributed by atoms with van der Waals surface area (Å²) in [6.45, 7) is 0.144. The molecule has 2 aromatic heterocycles. The van der Waals surface area contributed by atoms with E-state index in [0.29, 0.717) is 46.0 Å². The van der Waals surface area contributed by atoms with Crippen molar-refractivity contribution in [3.63, 3.8) is 0 Å². The summed E-state index contributed by atoms with van der Waals surface area (Å²) >= 11 is 0. The Morgan fingerprint density at radius 3 is 2.63 bits per heavy atom. The molecule has 0 fully saturated rings. The summed E-state index contributed by atoms with van der Waals surface area (Å²) in [5, 5.41) is 18.7. The predicted octanol–water partition coefficient (Wildman–Crippen LogP) is 2.35. The zero-order valence-electron chi connectivity index (χ0n) is 18.4. The maximum atomic E-state index is 12.7. The van der Waals surface area contributed by atoms with E-state index in [1.807, 2.05) is 24.3 Å². The van der Waals surface area contributed by atoms with E-state index in [1.54, 1.807) is 16.8 Å². The minimum absolute atomic E-state index is 0.144. The van der Waals surface area contributed by atoms with Crippen LogP contribution in [0, 0.1) is 5.21 Å². The molecule has 2 amide bonds. The number of carbonyl (C=O) groups is 2. The Morgan fingerprint density at radius 2 is 1.83 bits per heavy atom. The lowest BCUT2D eigenvalue weighted by Gasteiger charge is -2.20. The average Bonchev–Trinajstić information content (AvgIpc) is 3.49. The van der Waals surface area contributed by atoms with Gasteiger partial charge in [0.05, 0.1) is 16.9 Å². The fourth-order valence-corrected chi connectivity index (χ4v) is 4.49. The van der Waals surface area contributed by atoms with Gasteiger partial charge in [-0.25, -0.2) is 4.68 Å². The van der Waals surface area contributed by atoms with E-state index in [2.05, 4.69) is 10.4 Å². The van der Waals surface area contributed by atoms with Gasteiger partial charge in [-0.15, -0.1) is 0 Å². The van der Waals surface area contributed by atoms with Crippen LogP contribution in [0.2, 0.25) is 0 Å². The molecule has 1 aliphatic carbocycles. The molecule has 2 aromatic carbocycles. The number of hydrogen-bond acceptors (Lipinski definition) is 6. The molecule has 0 spiro atoms. The molecule has 0 bridgehead atoms. The highest BCUT2D eigenvalue weighted by atomic mass is 16.7. The highest BCUT2D eigenvalue weighted by Crippen LogP contribution is 2.40. The van der Waals surface area contributed by atoms with Gasteiger partial charge < -0.3 is 25.7 Å². The summed E-state index contributed by atoms with van der Waals surface area (Å²) in [6, 6.07) is 14.0. The lowest BCUT2D eigenvalue weighted by Crippen LogP contribution is -2.25. The second kappa shape index (κ2) is 7.87. The smallest absolute Gasteiger partial charge is 0.269 e. The van der Waals surface area contributed by atoms with E-state index in [9.17, 15) is 14.8 Å². The number of aryl methyl sites for hydroxylation is 1. The molecule has 1 aliphatic heterocycles. The molecular formula is C25H19N5O5. The van der Waals surface area contributed by atoms with E-state index in [0.717, 1.165) is 22.4 Å². The quantitative estimate of drug-likeness (QED) is 0.348. The van der Waals surface area contributed by atoms with Crippen LogP contribution in [0.4, 0.5) is 5.69 Å². The largest absolute Gasteiger partial charge is 0.619 e.